The number of nitrogens with zero attached hydrogens (tertiary/aromatic N) is 4. The largest absolute Gasteiger partial charge is 0.490 e. The second-order valence-electron chi connectivity index (χ2n) is 9.40. The van der Waals surface area contributed by atoms with E-state index in [0.717, 1.165) is 23.5 Å². The van der Waals surface area contributed by atoms with Crippen molar-refractivity contribution in [3.05, 3.63) is 56.0 Å². The van der Waals surface area contributed by atoms with E-state index in [9.17, 15) is 9.59 Å². The summed E-state index contributed by atoms with van der Waals surface area (Å²) in [5, 5.41) is 4.08. The van der Waals surface area contributed by atoms with Crippen LogP contribution in [0.3, 0.4) is 0 Å². The summed E-state index contributed by atoms with van der Waals surface area (Å²) in [6.07, 6.45) is 12.6. The molecule has 2 aliphatic rings. The molecule has 0 spiro atoms. The van der Waals surface area contributed by atoms with Crippen molar-refractivity contribution in [2.75, 3.05) is 18.1 Å². The van der Waals surface area contributed by atoms with E-state index in [1.807, 2.05) is 18.2 Å². The van der Waals surface area contributed by atoms with Gasteiger partial charge in [-0.1, -0.05) is 25.3 Å². The number of hydrogen-bond donors (Lipinski definition) is 1. The van der Waals surface area contributed by atoms with Crippen LogP contribution in [-0.4, -0.2) is 44.7 Å². The summed E-state index contributed by atoms with van der Waals surface area (Å²) in [6, 6.07) is 6.64. The fourth-order valence-corrected chi connectivity index (χ4v) is 5.58. The smallest absolute Gasteiger partial charge is 0.266 e. The maximum absolute atomic E-state index is 12.9. The molecule has 1 aromatic carbocycles. The van der Waals surface area contributed by atoms with Gasteiger partial charge in [-0.05, 0) is 50.5 Å². The first-order valence-electron chi connectivity index (χ1n) is 11.8. The number of fused-ring (bicyclic) bond motifs is 1. The number of carbonyl (C=O) groups excluding carboxylic acids is 1. The number of H-pyrrole nitrogens is 1. The lowest BCUT2D eigenvalue weighted by Gasteiger charge is -2.39. The van der Waals surface area contributed by atoms with Gasteiger partial charge < -0.3 is 14.6 Å². The molecule has 0 unspecified atom stereocenters. The van der Waals surface area contributed by atoms with Crippen molar-refractivity contribution in [2.24, 2.45) is 0 Å². The molecule has 8 nitrogen and oxygen atoms in total. The first kappa shape index (κ1) is 22.6. The van der Waals surface area contributed by atoms with E-state index in [2.05, 4.69) is 26.0 Å². The van der Waals surface area contributed by atoms with Crippen LogP contribution in [0.15, 0.2) is 35.6 Å². The molecule has 9 heteroatoms. The van der Waals surface area contributed by atoms with Gasteiger partial charge >= 0.3 is 0 Å². The quantitative estimate of drug-likeness (QED) is 0.603. The summed E-state index contributed by atoms with van der Waals surface area (Å²) in [6.45, 7) is 5.14. The van der Waals surface area contributed by atoms with Gasteiger partial charge in [0, 0.05) is 12.1 Å². The highest BCUT2D eigenvalue weighted by Crippen LogP contribution is 2.37. The van der Waals surface area contributed by atoms with Gasteiger partial charge in [-0.3, -0.25) is 9.59 Å². The molecular weight excluding hydrogens is 450 g/mol. The number of nitrogens with one attached hydrogen (secondary N) is 1. The molecule has 1 aliphatic carbocycles. The van der Waals surface area contributed by atoms with Gasteiger partial charge in [0.2, 0.25) is 0 Å². The van der Waals surface area contributed by atoms with Crippen molar-refractivity contribution in [3.63, 3.8) is 0 Å². The van der Waals surface area contributed by atoms with Crippen LogP contribution in [0.25, 0.3) is 12.2 Å². The maximum Gasteiger partial charge on any atom is 0.266 e. The van der Waals surface area contributed by atoms with Gasteiger partial charge in [0.05, 0.1) is 21.4 Å². The van der Waals surface area contributed by atoms with Crippen LogP contribution >= 0.6 is 11.3 Å². The minimum atomic E-state index is -0.900. The van der Waals surface area contributed by atoms with Crippen LogP contribution in [-0.2, 0) is 10.3 Å². The molecule has 178 valence electrons. The van der Waals surface area contributed by atoms with E-state index < -0.39 is 5.54 Å². The third kappa shape index (κ3) is 4.44. The van der Waals surface area contributed by atoms with Crippen LogP contribution in [0.4, 0.5) is 5.69 Å². The maximum atomic E-state index is 12.9. The van der Waals surface area contributed by atoms with Crippen LogP contribution in [0.1, 0.15) is 51.5 Å². The molecule has 1 N–H and O–H groups in total. The third-order valence-corrected chi connectivity index (χ3v) is 7.70. The standard InChI is InChI=1S/C25H29N5O3S/c1-25(2,30-16-26-15-27-30)22(31)14-23-28-24(32)21(34-23)13-17-8-9-20-19(12-17)29(10-11-33-20)18-6-4-3-5-7-18/h8-9,12-16,18H,3-7,10-11H2,1-2H3,(H,28,32)/b21-13-,23-14+. The van der Waals surface area contributed by atoms with E-state index in [-0.39, 0.29) is 11.3 Å². The Bertz CT molecular complexity index is 1350. The molecule has 0 amide bonds. The Hall–Kier alpha value is -3.20. The van der Waals surface area contributed by atoms with E-state index >= 15 is 0 Å². The normalized spacial score (nSPS) is 18.1. The van der Waals surface area contributed by atoms with Crippen LogP contribution in [0.5, 0.6) is 5.75 Å². The SMILES string of the molecule is CC(C)(C(=O)/C=c1\[nH]c(=O)/c(=C/c2ccc3c(c2)N(C2CCCCC2)CCO3)s1)n1cncn1. The number of carbonyl (C=O) groups is 1. The van der Waals surface area contributed by atoms with Gasteiger partial charge in [0.1, 0.15) is 30.5 Å². The first-order valence-corrected chi connectivity index (χ1v) is 12.6. The molecule has 3 aromatic rings. The third-order valence-electron chi connectivity index (χ3n) is 6.73. The van der Waals surface area contributed by atoms with Gasteiger partial charge in [-0.2, -0.15) is 5.10 Å². The van der Waals surface area contributed by atoms with E-state index in [0.29, 0.717) is 21.8 Å². The van der Waals surface area contributed by atoms with Crippen molar-refractivity contribution in [2.45, 2.75) is 57.5 Å². The Labute approximate surface area is 201 Å². The molecule has 2 aromatic heterocycles. The number of aromatic nitrogens is 4. The lowest BCUT2D eigenvalue weighted by molar-refractivity contribution is -0.120. The predicted octanol–water partition coefficient (Wildman–Crippen LogP) is 2.17. The van der Waals surface area contributed by atoms with Gasteiger partial charge in [-0.25, -0.2) is 9.67 Å². The first-order chi connectivity index (χ1) is 16.4. The molecule has 3 heterocycles. The summed E-state index contributed by atoms with van der Waals surface area (Å²) < 4.78 is 8.49. The summed E-state index contributed by atoms with van der Waals surface area (Å²) >= 11 is 1.27. The number of anilines is 1. The molecular formula is C25H29N5O3S. The van der Waals surface area contributed by atoms with Crippen LogP contribution in [0, 0.1) is 0 Å². The van der Waals surface area contributed by atoms with Crippen molar-refractivity contribution in [1.29, 1.82) is 0 Å². The van der Waals surface area contributed by atoms with Gasteiger partial charge in [-0.15, -0.1) is 11.3 Å². The second kappa shape index (κ2) is 9.21. The fourth-order valence-electron chi connectivity index (χ4n) is 4.70. The Morgan fingerprint density at radius 2 is 2.09 bits per heavy atom. The molecule has 5 rings (SSSR count). The molecule has 34 heavy (non-hydrogen) atoms. The minimum absolute atomic E-state index is 0.170. The molecule has 0 atom stereocenters. The Balaban J connectivity index is 1.45. The zero-order valence-electron chi connectivity index (χ0n) is 19.5. The number of ether oxygens (including phenoxy) is 1. The number of hydrogen-bond acceptors (Lipinski definition) is 7. The van der Waals surface area contributed by atoms with Crippen molar-refractivity contribution in [1.82, 2.24) is 19.7 Å². The molecule has 1 fully saturated rings. The highest BCUT2D eigenvalue weighted by molar-refractivity contribution is 7.07. The highest BCUT2D eigenvalue weighted by Gasteiger charge is 2.29. The number of benzene rings is 1. The second-order valence-corrected chi connectivity index (χ2v) is 10.5. The lowest BCUT2D eigenvalue weighted by atomic mass is 9.93. The summed E-state index contributed by atoms with van der Waals surface area (Å²) in [4.78, 5) is 34.7. The number of thiazole rings is 1. The van der Waals surface area contributed by atoms with Crippen molar-refractivity contribution < 1.29 is 9.53 Å². The highest BCUT2D eigenvalue weighted by atomic mass is 32.1. The van der Waals surface area contributed by atoms with Crippen LogP contribution < -0.4 is 24.4 Å². The van der Waals surface area contributed by atoms with E-state index in [1.54, 1.807) is 13.8 Å². The van der Waals surface area contributed by atoms with Crippen LogP contribution in [0.2, 0.25) is 0 Å². The number of ketones is 1. The molecule has 1 aliphatic heterocycles. The molecule has 0 bridgehead atoms. The average molecular weight is 480 g/mol. The zero-order chi connectivity index (χ0) is 23.7. The fraction of sp³-hybridized carbons (Fsp3) is 0.440. The molecule has 0 radical (unpaired) electrons. The van der Waals surface area contributed by atoms with Gasteiger partial charge in [0.15, 0.2) is 5.78 Å². The Morgan fingerprint density at radius 1 is 1.26 bits per heavy atom. The Kier molecular flexibility index (Phi) is 6.12. The summed E-state index contributed by atoms with van der Waals surface area (Å²) in [5.74, 6) is 0.736. The number of aromatic amines is 1. The van der Waals surface area contributed by atoms with Crippen molar-refractivity contribution in [3.8, 4) is 5.75 Å². The number of rotatable bonds is 5. The molecule has 1 saturated carbocycles. The summed E-state index contributed by atoms with van der Waals surface area (Å²) in [5.41, 5.74) is 0.942. The van der Waals surface area contributed by atoms with E-state index in [4.69, 9.17) is 4.74 Å². The van der Waals surface area contributed by atoms with Gasteiger partial charge in [0.25, 0.3) is 5.56 Å². The summed E-state index contributed by atoms with van der Waals surface area (Å²) in [7, 11) is 0. The minimum Gasteiger partial charge on any atom is -0.490 e. The van der Waals surface area contributed by atoms with E-state index in [1.165, 1.54) is 66.9 Å². The lowest BCUT2D eigenvalue weighted by Crippen LogP contribution is -2.42. The average Bonchev–Trinajstić information content (AvgIpc) is 3.50. The molecule has 0 saturated heterocycles. The zero-order valence-corrected chi connectivity index (χ0v) is 20.3. The Morgan fingerprint density at radius 3 is 2.85 bits per heavy atom. The predicted molar refractivity (Wildman–Crippen MR) is 133 cm³/mol. The number of Topliss-reactive ketones (excluding diaryl/α,β-unsaturated/α-hetero) is 1. The topological polar surface area (TPSA) is 93.1 Å². The van der Waals surface area contributed by atoms with Crippen molar-refractivity contribution >= 4 is 35.0 Å². The monoisotopic (exact) mass is 479 g/mol.